The molecule has 0 N–H and O–H groups in total. The first-order valence-corrected chi connectivity index (χ1v) is 6.50. The first kappa shape index (κ1) is 12.1. The van der Waals surface area contributed by atoms with E-state index in [1.807, 2.05) is 0 Å². The van der Waals surface area contributed by atoms with E-state index in [0.717, 1.165) is 0 Å². The first-order chi connectivity index (χ1) is 10.2. The van der Waals surface area contributed by atoms with Crippen molar-refractivity contribution in [3.05, 3.63) is 71.3 Å². The topological polar surface area (TPSA) is 18.5 Å². The van der Waals surface area contributed by atoms with E-state index in [0.29, 0.717) is 11.1 Å². The van der Waals surface area contributed by atoms with Crippen molar-refractivity contribution in [1.82, 2.24) is 0 Å². The second kappa shape index (κ2) is 4.19. The fourth-order valence-corrected chi connectivity index (χ4v) is 2.47. The van der Waals surface area contributed by atoms with Crippen LogP contribution < -0.4 is 9.47 Å². The molecule has 2 heterocycles. The monoisotopic (exact) mass is 284 g/mol. The van der Waals surface area contributed by atoms with Crippen LogP contribution in [0.15, 0.2) is 48.6 Å². The van der Waals surface area contributed by atoms with Gasteiger partial charge in [-0.1, -0.05) is 24.3 Å². The zero-order valence-electron chi connectivity index (χ0n) is 10.8. The summed E-state index contributed by atoms with van der Waals surface area (Å²) in [6.07, 6.45) is 6.69. The van der Waals surface area contributed by atoms with Crippen molar-refractivity contribution in [3.8, 4) is 11.5 Å². The van der Waals surface area contributed by atoms with Crippen molar-refractivity contribution in [2.75, 3.05) is 0 Å². The standard InChI is InChI=1S/C17H10F2O2/c18-13-5-1-3-11-7-9-17(20-15(11)13)10-8-12-4-2-6-14(19)16(12)21-17/h1-10H. The number of rotatable bonds is 0. The molecule has 0 aliphatic carbocycles. The Balaban J connectivity index is 1.80. The Morgan fingerprint density at radius 2 is 1.19 bits per heavy atom. The molecule has 2 aromatic rings. The number of hydrogen-bond acceptors (Lipinski definition) is 2. The summed E-state index contributed by atoms with van der Waals surface area (Å²) in [4.78, 5) is 0. The number of halogens is 2. The molecule has 2 aliphatic heterocycles. The van der Waals surface area contributed by atoms with Crippen molar-refractivity contribution in [3.63, 3.8) is 0 Å². The van der Waals surface area contributed by atoms with Crippen LogP contribution >= 0.6 is 0 Å². The lowest BCUT2D eigenvalue weighted by Crippen LogP contribution is -2.41. The SMILES string of the molecule is Fc1cccc2c1OC1(C=C2)C=Cc2cccc(F)c2O1. The predicted molar refractivity (Wildman–Crippen MR) is 74.9 cm³/mol. The van der Waals surface area contributed by atoms with Gasteiger partial charge in [-0.3, -0.25) is 0 Å². The van der Waals surface area contributed by atoms with Gasteiger partial charge in [-0.15, -0.1) is 0 Å². The Kier molecular flexibility index (Phi) is 2.42. The minimum Gasteiger partial charge on any atom is -0.442 e. The van der Waals surface area contributed by atoms with Gasteiger partial charge in [-0.25, -0.2) is 8.78 Å². The third kappa shape index (κ3) is 1.83. The molecule has 1 spiro atoms. The third-order valence-corrected chi connectivity index (χ3v) is 3.51. The molecule has 2 aliphatic rings. The van der Waals surface area contributed by atoms with Crippen molar-refractivity contribution in [2.24, 2.45) is 0 Å². The van der Waals surface area contributed by atoms with E-state index in [1.165, 1.54) is 12.1 Å². The summed E-state index contributed by atoms with van der Waals surface area (Å²) in [5.41, 5.74) is 1.24. The highest BCUT2D eigenvalue weighted by Gasteiger charge is 2.37. The van der Waals surface area contributed by atoms with Gasteiger partial charge in [0.1, 0.15) is 0 Å². The van der Waals surface area contributed by atoms with Crippen LogP contribution in [0.5, 0.6) is 11.5 Å². The van der Waals surface area contributed by atoms with Gasteiger partial charge in [0.05, 0.1) is 0 Å². The largest absolute Gasteiger partial charge is 0.442 e. The summed E-state index contributed by atoms with van der Waals surface area (Å²) in [5.74, 6) is -2.07. The summed E-state index contributed by atoms with van der Waals surface area (Å²) >= 11 is 0. The molecule has 2 aromatic carbocycles. The van der Waals surface area contributed by atoms with Crippen LogP contribution in [0.1, 0.15) is 11.1 Å². The lowest BCUT2D eigenvalue weighted by atomic mass is 10.0. The highest BCUT2D eigenvalue weighted by molar-refractivity contribution is 5.66. The van der Waals surface area contributed by atoms with E-state index in [2.05, 4.69) is 0 Å². The fourth-order valence-electron chi connectivity index (χ4n) is 2.47. The van der Waals surface area contributed by atoms with E-state index in [4.69, 9.17) is 9.47 Å². The van der Waals surface area contributed by atoms with Crippen molar-refractivity contribution in [1.29, 1.82) is 0 Å². The van der Waals surface area contributed by atoms with E-state index in [9.17, 15) is 8.78 Å². The van der Waals surface area contributed by atoms with Gasteiger partial charge in [0.25, 0.3) is 5.79 Å². The molecule has 0 radical (unpaired) electrons. The molecule has 104 valence electrons. The van der Waals surface area contributed by atoms with Gasteiger partial charge in [0.15, 0.2) is 23.1 Å². The summed E-state index contributed by atoms with van der Waals surface area (Å²) in [6, 6.07) is 9.31. The summed E-state index contributed by atoms with van der Waals surface area (Å²) in [7, 11) is 0. The second-order valence-corrected chi connectivity index (χ2v) is 4.91. The quantitative estimate of drug-likeness (QED) is 0.722. The second-order valence-electron chi connectivity index (χ2n) is 4.91. The molecule has 0 atom stereocenters. The van der Waals surface area contributed by atoms with Crippen molar-refractivity contribution < 1.29 is 18.3 Å². The molecule has 4 heteroatoms. The fraction of sp³-hybridized carbons (Fsp3) is 0.0588. The average molecular weight is 284 g/mol. The van der Waals surface area contributed by atoms with Crippen LogP contribution in [-0.2, 0) is 0 Å². The summed E-state index contributed by atoms with van der Waals surface area (Å²) in [5, 5.41) is 0. The Bertz CT molecular complexity index is 726. The Morgan fingerprint density at radius 1 is 0.714 bits per heavy atom. The summed E-state index contributed by atoms with van der Waals surface area (Å²) in [6.45, 7) is 0. The highest BCUT2D eigenvalue weighted by Crippen LogP contribution is 2.40. The molecule has 0 aromatic heterocycles. The lowest BCUT2D eigenvalue weighted by molar-refractivity contribution is -0.0359. The van der Waals surface area contributed by atoms with Crippen LogP contribution in [0.3, 0.4) is 0 Å². The molecule has 21 heavy (non-hydrogen) atoms. The maximum atomic E-state index is 13.9. The van der Waals surface area contributed by atoms with E-state index in [-0.39, 0.29) is 11.5 Å². The summed E-state index contributed by atoms with van der Waals surface area (Å²) < 4.78 is 39.1. The molecule has 0 fully saturated rings. The van der Waals surface area contributed by atoms with Gasteiger partial charge in [-0.2, -0.15) is 0 Å². The maximum Gasteiger partial charge on any atom is 0.292 e. The Hall–Kier alpha value is -2.62. The number of benzene rings is 2. The zero-order valence-corrected chi connectivity index (χ0v) is 10.8. The van der Waals surface area contributed by atoms with Crippen molar-refractivity contribution in [2.45, 2.75) is 5.79 Å². The van der Waals surface area contributed by atoms with Gasteiger partial charge >= 0.3 is 0 Å². The van der Waals surface area contributed by atoms with E-state index >= 15 is 0 Å². The number of ether oxygens (including phenoxy) is 2. The lowest BCUT2D eigenvalue weighted by Gasteiger charge is -2.35. The molecule has 0 amide bonds. The molecular weight excluding hydrogens is 274 g/mol. The van der Waals surface area contributed by atoms with E-state index in [1.54, 1.807) is 48.6 Å². The number of fused-ring (bicyclic) bond motifs is 2. The van der Waals surface area contributed by atoms with Crippen LogP contribution in [0.25, 0.3) is 12.2 Å². The molecular formula is C17H10F2O2. The third-order valence-electron chi connectivity index (χ3n) is 3.51. The van der Waals surface area contributed by atoms with Gasteiger partial charge in [-0.05, 0) is 24.3 Å². The molecule has 0 saturated carbocycles. The molecule has 2 nitrogen and oxygen atoms in total. The first-order valence-electron chi connectivity index (χ1n) is 6.50. The number of para-hydroxylation sites is 2. The average Bonchev–Trinajstić information content (AvgIpc) is 2.50. The van der Waals surface area contributed by atoms with Gasteiger partial charge in [0.2, 0.25) is 0 Å². The van der Waals surface area contributed by atoms with E-state index < -0.39 is 17.4 Å². The van der Waals surface area contributed by atoms with Crippen molar-refractivity contribution >= 4 is 12.2 Å². The minimum absolute atomic E-state index is 0.101. The number of hydrogen-bond donors (Lipinski definition) is 0. The predicted octanol–water partition coefficient (Wildman–Crippen LogP) is 4.17. The smallest absolute Gasteiger partial charge is 0.292 e. The highest BCUT2D eigenvalue weighted by atomic mass is 19.1. The molecule has 0 unspecified atom stereocenters. The molecule has 0 bridgehead atoms. The van der Waals surface area contributed by atoms with Gasteiger partial charge < -0.3 is 9.47 Å². The van der Waals surface area contributed by atoms with Crippen LogP contribution in [-0.4, -0.2) is 5.79 Å². The Labute approximate surface area is 119 Å². The van der Waals surface area contributed by atoms with Crippen LogP contribution in [0.4, 0.5) is 8.78 Å². The Morgan fingerprint density at radius 3 is 1.67 bits per heavy atom. The van der Waals surface area contributed by atoms with Crippen LogP contribution in [0, 0.1) is 11.6 Å². The zero-order chi connectivity index (χ0) is 14.4. The van der Waals surface area contributed by atoms with Gasteiger partial charge in [0, 0.05) is 23.3 Å². The maximum absolute atomic E-state index is 13.9. The van der Waals surface area contributed by atoms with Crippen LogP contribution in [0.2, 0.25) is 0 Å². The molecule has 0 saturated heterocycles. The minimum atomic E-state index is -1.32. The molecule has 4 rings (SSSR count). The normalized spacial score (nSPS) is 16.9.